The predicted octanol–water partition coefficient (Wildman–Crippen LogP) is 1.33. The number of carbonyl (C=O) groups is 2. The predicted molar refractivity (Wildman–Crippen MR) is 45.6 cm³/mol. The summed E-state index contributed by atoms with van der Waals surface area (Å²) in [6.07, 6.45) is 0. The van der Waals surface area contributed by atoms with Crippen LogP contribution in [0.2, 0.25) is 0 Å². The van der Waals surface area contributed by atoms with Crippen molar-refractivity contribution in [3.63, 3.8) is 0 Å². The fourth-order valence-electron chi connectivity index (χ4n) is 0.667. The summed E-state index contributed by atoms with van der Waals surface area (Å²) in [6.45, 7) is 8.75. The molecule has 0 aromatic heterocycles. The van der Waals surface area contributed by atoms with Crippen molar-refractivity contribution in [3.05, 3.63) is 12.2 Å². The summed E-state index contributed by atoms with van der Waals surface area (Å²) in [5.41, 5.74) is -0.0631. The van der Waals surface area contributed by atoms with Gasteiger partial charge in [-0.25, -0.2) is 4.79 Å². The molecule has 3 nitrogen and oxygen atoms in total. The Bertz CT molecular complexity index is 204. The minimum atomic E-state index is -0.615. The summed E-state index contributed by atoms with van der Waals surface area (Å²) in [4.78, 5) is 22.1. The van der Waals surface area contributed by atoms with Gasteiger partial charge >= 0.3 is 5.97 Å². The average molecular weight is 170 g/mol. The summed E-state index contributed by atoms with van der Waals surface area (Å²) < 4.78 is 4.62. The number of carbonyl (C=O) groups excluding carboxylic acids is 2. The van der Waals surface area contributed by atoms with E-state index in [4.69, 9.17) is 0 Å². The van der Waals surface area contributed by atoms with Gasteiger partial charge in [0.25, 0.3) is 0 Å². The standard InChI is InChI=1S/C9H14O3/c1-5-12-9(11)7(4)8(10)6(2)3/h6H,4-5H2,1-3H3. The summed E-state index contributed by atoms with van der Waals surface area (Å²) in [5, 5.41) is 0. The van der Waals surface area contributed by atoms with E-state index in [2.05, 4.69) is 11.3 Å². The molecule has 0 aliphatic rings. The zero-order chi connectivity index (χ0) is 9.72. The van der Waals surface area contributed by atoms with Crippen LogP contribution in [-0.4, -0.2) is 18.4 Å². The fraction of sp³-hybridized carbons (Fsp3) is 0.556. The smallest absolute Gasteiger partial charge is 0.341 e. The van der Waals surface area contributed by atoms with E-state index in [1.165, 1.54) is 0 Å². The highest BCUT2D eigenvalue weighted by Gasteiger charge is 2.18. The minimum absolute atomic E-state index is 0.0631. The van der Waals surface area contributed by atoms with Gasteiger partial charge < -0.3 is 4.74 Å². The van der Waals surface area contributed by atoms with E-state index in [-0.39, 0.29) is 23.9 Å². The molecule has 0 fully saturated rings. The molecule has 0 aromatic rings. The molecule has 0 aliphatic carbocycles. The number of hydrogen-bond acceptors (Lipinski definition) is 3. The lowest BCUT2D eigenvalue weighted by atomic mass is 10.0. The molecule has 0 radical (unpaired) electrons. The molecule has 0 aromatic carbocycles. The normalized spacial score (nSPS) is 9.67. The molecule has 68 valence electrons. The van der Waals surface area contributed by atoms with E-state index in [1.54, 1.807) is 20.8 Å². The summed E-state index contributed by atoms with van der Waals surface area (Å²) >= 11 is 0. The quantitative estimate of drug-likeness (QED) is 0.277. The largest absolute Gasteiger partial charge is 0.462 e. The summed E-state index contributed by atoms with van der Waals surface area (Å²) in [5.74, 6) is -1.08. The molecule has 0 amide bonds. The molecule has 0 bridgehead atoms. The molecular formula is C9H14O3. The first kappa shape index (κ1) is 10.9. The van der Waals surface area contributed by atoms with Crippen LogP contribution in [-0.2, 0) is 14.3 Å². The van der Waals surface area contributed by atoms with Crippen molar-refractivity contribution in [2.24, 2.45) is 5.92 Å². The third-order valence-corrected chi connectivity index (χ3v) is 1.34. The first-order valence-electron chi connectivity index (χ1n) is 3.91. The Balaban J connectivity index is 4.20. The zero-order valence-corrected chi connectivity index (χ0v) is 7.72. The third-order valence-electron chi connectivity index (χ3n) is 1.34. The first-order valence-corrected chi connectivity index (χ1v) is 3.91. The summed E-state index contributed by atoms with van der Waals surface area (Å²) in [6, 6.07) is 0. The van der Waals surface area contributed by atoms with Crippen LogP contribution in [0.5, 0.6) is 0 Å². The Kier molecular flexibility index (Phi) is 4.26. The van der Waals surface area contributed by atoms with Gasteiger partial charge in [0.15, 0.2) is 5.78 Å². The second-order valence-electron chi connectivity index (χ2n) is 2.72. The molecule has 0 aliphatic heterocycles. The van der Waals surface area contributed by atoms with Crippen molar-refractivity contribution >= 4 is 11.8 Å². The number of ether oxygens (including phenoxy) is 1. The van der Waals surface area contributed by atoms with Gasteiger partial charge in [0, 0.05) is 5.92 Å². The highest BCUT2D eigenvalue weighted by atomic mass is 16.5. The van der Waals surface area contributed by atoms with Crippen molar-refractivity contribution in [1.29, 1.82) is 0 Å². The lowest BCUT2D eigenvalue weighted by molar-refractivity contribution is -0.140. The van der Waals surface area contributed by atoms with Gasteiger partial charge in [-0.15, -0.1) is 0 Å². The van der Waals surface area contributed by atoms with Gasteiger partial charge in [0.05, 0.1) is 12.2 Å². The van der Waals surface area contributed by atoms with E-state index in [0.29, 0.717) is 0 Å². The Morgan fingerprint density at radius 1 is 1.42 bits per heavy atom. The molecule has 3 heteroatoms. The van der Waals surface area contributed by atoms with Crippen LogP contribution < -0.4 is 0 Å². The van der Waals surface area contributed by atoms with E-state index in [1.807, 2.05) is 0 Å². The van der Waals surface area contributed by atoms with Crippen molar-refractivity contribution < 1.29 is 14.3 Å². The fourth-order valence-corrected chi connectivity index (χ4v) is 0.667. The van der Waals surface area contributed by atoms with Crippen LogP contribution in [0.3, 0.4) is 0 Å². The van der Waals surface area contributed by atoms with Gasteiger partial charge in [0.1, 0.15) is 0 Å². The molecule has 0 heterocycles. The molecule has 0 saturated heterocycles. The summed E-state index contributed by atoms with van der Waals surface area (Å²) in [7, 11) is 0. The van der Waals surface area contributed by atoms with E-state index in [0.717, 1.165) is 0 Å². The SMILES string of the molecule is C=C(C(=O)OCC)C(=O)C(C)C. The number of rotatable bonds is 4. The van der Waals surface area contributed by atoms with Crippen LogP contribution in [0, 0.1) is 5.92 Å². The van der Waals surface area contributed by atoms with Crippen LogP contribution >= 0.6 is 0 Å². The maximum absolute atomic E-state index is 11.2. The van der Waals surface area contributed by atoms with E-state index >= 15 is 0 Å². The molecule has 0 N–H and O–H groups in total. The van der Waals surface area contributed by atoms with Crippen LogP contribution in [0.25, 0.3) is 0 Å². The van der Waals surface area contributed by atoms with Gasteiger partial charge in [-0.05, 0) is 6.92 Å². The molecule has 0 spiro atoms. The Morgan fingerprint density at radius 2 is 1.92 bits per heavy atom. The third kappa shape index (κ3) is 2.86. The molecule has 0 unspecified atom stereocenters. The molecule has 0 rings (SSSR count). The van der Waals surface area contributed by atoms with Gasteiger partial charge in [-0.1, -0.05) is 20.4 Å². The number of hydrogen-bond donors (Lipinski definition) is 0. The van der Waals surface area contributed by atoms with Gasteiger partial charge in [-0.2, -0.15) is 0 Å². The van der Waals surface area contributed by atoms with Crippen molar-refractivity contribution in [2.75, 3.05) is 6.61 Å². The number of Topliss-reactive ketones (excluding diaryl/α,β-unsaturated/α-hetero) is 1. The molecule has 0 saturated carbocycles. The Hall–Kier alpha value is -1.12. The lowest BCUT2D eigenvalue weighted by Gasteiger charge is -2.05. The second-order valence-corrected chi connectivity index (χ2v) is 2.72. The Labute approximate surface area is 72.4 Å². The second kappa shape index (κ2) is 4.70. The average Bonchev–Trinajstić information content (AvgIpc) is 2.02. The number of esters is 1. The van der Waals surface area contributed by atoms with E-state index < -0.39 is 5.97 Å². The van der Waals surface area contributed by atoms with Gasteiger partial charge in [-0.3, -0.25) is 4.79 Å². The highest BCUT2D eigenvalue weighted by Crippen LogP contribution is 2.05. The van der Waals surface area contributed by atoms with Crippen LogP contribution in [0.1, 0.15) is 20.8 Å². The number of ketones is 1. The Morgan fingerprint density at radius 3 is 2.25 bits per heavy atom. The minimum Gasteiger partial charge on any atom is -0.462 e. The zero-order valence-electron chi connectivity index (χ0n) is 7.72. The maximum Gasteiger partial charge on any atom is 0.341 e. The molecule has 0 atom stereocenters. The van der Waals surface area contributed by atoms with Gasteiger partial charge in [0.2, 0.25) is 0 Å². The van der Waals surface area contributed by atoms with Crippen LogP contribution in [0.15, 0.2) is 12.2 Å². The van der Waals surface area contributed by atoms with Crippen molar-refractivity contribution in [1.82, 2.24) is 0 Å². The monoisotopic (exact) mass is 170 g/mol. The van der Waals surface area contributed by atoms with Crippen molar-refractivity contribution in [2.45, 2.75) is 20.8 Å². The first-order chi connectivity index (χ1) is 5.50. The van der Waals surface area contributed by atoms with Crippen molar-refractivity contribution in [3.8, 4) is 0 Å². The highest BCUT2D eigenvalue weighted by molar-refractivity contribution is 6.17. The van der Waals surface area contributed by atoms with Crippen LogP contribution in [0.4, 0.5) is 0 Å². The maximum atomic E-state index is 11.2. The lowest BCUT2D eigenvalue weighted by Crippen LogP contribution is -2.18. The molecular weight excluding hydrogens is 156 g/mol. The molecule has 12 heavy (non-hydrogen) atoms. The van der Waals surface area contributed by atoms with E-state index in [9.17, 15) is 9.59 Å². The topological polar surface area (TPSA) is 43.4 Å².